The zero-order valence-electron chi connectivity index (χ0n) is 20.0. The third-order valence-corrected chi connectivity index (χ3v) is 5.25. The third kappa shape index (κ3) is 7.94. The van der Waals surface area contributed by atoms with E-state index in [1.807, 2.05) is 34.6 Å². The van der Waals surface area contributed by atoms with Crippen LogP contribution in [0.3, 0.4) is 0 Å². The lowest BCUT2D eigenvalue weighted by atomic mass is 9.94. The van der Waals surface area contributed by atoms with Gasteiger partial charge in [-0.1, -0.05) is 0 Å². The first-order valence-corrected chi connectivity index (χ1v) is 10.8. The molecule has 1 atom stereocenters. The maximum Gasteiger partial charge on any atom is 0.407 e. The van der Waals surface area contributed by atoms with Gasteiger partial charge in [0.25, 0.3) is 0 Å². The van der Waals surface area contributed by atoms with E-state index in [9.17, 15) is 9.59 Å². The Morgan fingerprint density at radius 1 is 0.968 bits per heavy atom. The summed E-state index contributed by atoms with van der Waals surface area (Å²) in [5, 5.41) is 5.46. The van der Waals surface area contributed by atoms with Crippen LogP contribution in [-0.4, -0.2) is 51.5 Å². The summed E-state index contributed by atoms with van der Waals surface area (Å²) in [7, 11) is 3.33. The number of alkyl carbamates (subject to hydrolysis) is 1. The zero-order valence-corrected chi connectivity index (χ0v) is 20.0. The second kappa shape index (κ2) is 13.0. The van der Waals surface area contributed by atoms with E-state index in [0.29, 0.717) is 38.8 Å². The Labute approximate surface area is 186 Å². The molecule has 0 fully saturated rings. The molecule has 0 saturated carbocycles. The van der Waals surface area contributed by atoms with Crippen molar-refractivity contribution in [3.8, 4) is 11.5 Å². The van der Waals surface area contributed by atoms with E-state index >= 15 is 0 Å². The smallest absolute Gasteiger partial charge is 0.407 e. The second-order valence-corrected chi connectivity index (χ2v) is 8.00. The monoisotopic (exact) mass is 437 g/mol. The van der Waals surface area contributed by atoms with Gasteiger partial charge in [-0.2, -0.15) is 0 Å². The predicted octanol–water partition coefficient (Wildman–Crippen LogP) is 2.92. The van der Waals surface area contributed by atoms with Crippen LogP contribution in [0.4, 0.5) is 4.79 Å². The Kier molecular flexibility index (Phi) is 11.2. The maximum atomic E-state index is 11.9. The van der Waals surface area contributed by atoms with E-state index < -0.39 is 12.1 Å². The number of amides is 2. The first kappa shape index (κ1) is 26.6. The lowest BCUT2D eigenvalue weighted by molar-refractivity contribution is -0.123. The van der Waals surface area contributed by atoms with Crippen molar-refractivity contribution >= 4 is 12.0 Å². The van der Waals surface area contributed by atoms with Gasteiger partial charge >= 0.3 is 6.09 Å². The molecule has 0 spiro atoms. The van der Waals surface area contributed by atoms with Crippen molar-refractivity contribution in [1.82, 2.24) is 10.6 Å². The molecule has 31 heavy (non-hydrogen) atoms. The molecule has 8 nitrogen and oxygen atoms in total. The van der Waals surface area contributed by atoms with Gasteiger partial charge in [0, 0.05) is 18.2 Å². The van der Waals surface area contributed by atoms with Gasteiger partial charge in [0.1, 0.15) is 11.5 Å². The van der Waals surface area contributed by atoms with Gasteiger partial charge in [0.05, 0.1) is 26.9 Å². The molecular formula is C23H39N3O5. The number of rotatable bonds is 12. The summed E-state index contributed by atoms with van der Waals surface area (Å²) in [5.74, 6) is 1.55. The van der Waals surface area contributed by atoms with E-state index in [1.54, 1.807) is 14.2 Å². The van der Waals surface area contributed by atoms with Gasteiger partial charge in [-0.25, -0.2) is 4.79 Å². The van der Waals surface area contributed by atoms with Gasteiger partial charge in [-0.3, -0.25) is 4.79 Å². The van der Waals surface area contributed by atoms with Gasteiger partial charge in [0.2, 0.25) is 5.91 Å². The Hall–Kier alpha value is -2.48. The van der Waals surface area contributed by atoms with Crippen molar-refractivity contribution in [1.29, 1.82) is 0 Å². The van der Waals surface area contributed by atoms with Crippen molar-refractivity contribution in [2.45, 2.75) is 72.4 Å². The minimum absolute atomic E-state index is 0.0559. The first-order chi connectivity index (χ1) is 14.6. The summed E-state index contributed by atoms with van der Waals surface area (Å²) in [6.45, 7) is 10.5. The molecule has 176 valence electrons. The zero-order chi connectivity index (χ0) is 23.6. The Morgan fingerprint density at radius 2 is 1.58 bits per heavy atom. The molecule has 0 aromatic heterocycles. The van der Waals surface area contributed by atoms with Crippen molar-refractivity contribution in [2.75, 3.05) is 27.4 Å². The maximum absolute atomic E-state index is 11.9. The van der Waals surface area contributed by atoms with Crippen LogP contribution in [0.25, 0.3) is 0 Å². The van der Waals surface area contributed by atoms with Crippen LogP contribution >= 0.6 is 0 Å². The number of carbonyl (C=O) groups excluding carboxylic acids is 2. The number of hydrogen-bond acceptors (Lipinski definition) is 6. The normalized spacial score (nSPS) is 11.8. The second-order valence-electron chi connectivity index (χ2n) is 8.00. The number of carbonyl (C=O) groups is 2. The largest absolute Gasteiger partial charge is 0.496 e. The fourth-order valence-corrected chi connectivity index (χ4v) is 3.54. The van der Waals surface area contributed by atoms with E-state index in [-0.39, 0.29) is 11.9 Å². The molecule has 0 radical (unpaired) electrons. The number of hydrogen-bond donors (Lipinski definition) is 3. The minimum atomic E-state index is -0.576. The molecule has 1 rings (SSSR count). The molecule has 0 saturated heterocycles. The molecule has 0 heterocycles. The van der Waals surface area contributed by atoms with E-state index in [1.165, 1.54) is 0 Å². The van der Waals surface area contributed by atoms with Crippen molar-refractivity contribution in [3.63, 3.8) is 0 Å². The van der Waals surface area contributed by atoms with Crippen LogP contribution in [0.15, 0.2) is 0 Å². The number of nitrogens with two attached hydrogens (primary N) is 1. The number of nitrogens with one attached hydrogen (secondary N) is 2. The quantitative estimate of drug-likeness (QED) is 0.434. The molecule has 1 aromatic rings. The lowest BCUT2D eigenvalue weighted by Crippen LogP contribution is -2.43. The average molecular weight is 438 g/mol. The van der Waals surface area contributed by atoms with Gasteiger partial charge < -0.3 is 30.6 Å². The first-order valence-electron chi connectivity index (χ1n) is 10.8. The molecule has 2 amide bonds. The molecule has 1 unspecified atom stereocenters. The van der Waals surface area contributed by atoms with Crippen molar-refractivity contribution in [2.24, 2.45) is 5.73 Å². The molecule has 0 aliphatic carbocycles. The SMILES string of the molecule is COc1c(C)c(C)c(OC)c(CCCOC(=O)NCCCC(N)C(=O)NC(C)C)c1C. The van der Waals surface area contributed by atoms with Crippen molar-refractivity contribution < 1.29 is 23.8 Å². The molecule has 8 heteroatoms. The van der Waals surface area contributed by atoms with Crippen LogP contribution in [-0.2, 0) is 16.0 Å². The molecule has 1 aromatic carbocycles. The highest BCUT2D eigenvalue weighted by Gasteiger charge is 2.18. The van der Waals surface area contributed by atoms with Gasteiger partial charge in [0.15, 0.2) is 0 Å². The van der Waals surface area contributed by atoms with Gasteiger partial charge in [-0.05, 0) is 77.0 Å². The molecule has 0 aliphatic rings. The Morgan fingerprint density at radius 3 is 2.16 bits per heavy atom. The predicted molar refractivity (Wildman–Crippen MR) is 122 cm³/mol. The lowest BCUT2D eigenvalue weighted by Gasteiger charge is -2.20. The highest BCUT2D eigenvalue weighted by Crippen LogP contribution is 2.38. The third-order valence-electron chi connectivity index (χ3n) is 5.25. The summed E-state index contributed by atoms with van der Waals surface area (Å²) in [4.78, 5) is 23.6. The minimum Gasteiger partial charge on any atom is -0.496 e. The van der Waals surface area contributed by atoms with E-state index in [0.717, 1.165) is 33.8 Å². The van der Waals surface area contributed by atoms with Crippen LogP contribution in [0, 0.1) is 20.8 Å². The molecule has 4 N–H and O–H groups in total. The van der Waals surface area contributed by atoms with Crippen LogP contribution in [0.5, 0.6) is 11.5 Å². The number of methoxy groups -OCH3 is 2. The van der Waals surface area contributed by atoms with E-state index in [2.05, 4.69) is 10.6 Å². The summed E-state index contributed by atoms with van der Waals surface area (Å²) in [6.07, 6.45) is 1.99. The van der Waals surface area contributed by atoms with Crippen LogP contribution in [0.1, 0.15) is 55.4 Å². The standard InChI is InChI=1S/C23H39N3O5/c1-14(2)26-22(27)19(24)11-8-12-25-23(28)31-13-9-10-18-17(5)20(29-6)15(3)16(4)21(18)30-7/h14,19H,8-13,24H2,1-7H3,(H,25,28)(H,26,27). The van der Waals surface area contributed by atoms with Crippen LogP contribution < -0.4 is 25.8 Å². The van der Waals surface area contributed by atoms with Crippen molar-refractivity contribution in [3.05, 3.63) is 22.3 Å². The summed E-state index contributed by atoms with van der Waals surface area (Å²) < 4.78 is 16.4. The average Bonchev–Trinajstić information content (AvgIpc) is 2.71. The fourth-order valence-electron chi connectivity index (χ4n) is 3.54. The summed E-state index contributed by atoms with van der Waals surface area (Å²) >= 11 is 0. The highest BCUT2D eigenvalue weighted by atomic mass is 16.5. The highest BCUT2D eigenvalue weighted by molar-refractivity contribution is 5.81. The topological polar surface area (TPSA) is 112 Å². The molecule has 0 bridgehead atoms. The fraction of sp³-hybridized carbons (Fsp3) is 0.652. The summed E-state index contributed by atoms with van der Waals surface area (Å²) in [6, 6.07) is -0.520. The Bertz CT molecular complexity index is 749. The molecular weight excluding hydrogens is 398 g/mol. The Balaban J connectivity index is 2.41. The number of ether oxygens (including phenoxy) is 3. The summed E-state index contributed by atoms with van der Waals surface area (Å²) in [5.41, 5.74) is 10.1. The van der Waals surface area contributed by atoms with E-state index in [4.69, 9.17) is 19.9 Å². The number of benzene rings is 1. The molecule has 0 aliphatic heterocycles. The van der Waals surface area contributed by atoms with Crippen LogP contribution in [0.2, 0.25) is 0 Å². The van der Waals surface area contributed by atoms with Gasteiger partial charge in [-0.15, -0.1) is 0 Å².